The number of carbonyl (C=O) groups excluding carboxylic acids is 1. The van der Waals surface area contributed by atoms with Gasteiger partial charge in [-0.05, 0) is 0 Å². The molecule has 0 saturated carbocycles. The van der Waals surface area contributed by atoms with E-state index in [9.17, 15) is 4.79 Å². The third-order valence-electron chi connectivity index (χ3n) is 2.42. The Morgan fingerprint density at radius 1 is 1.50 bits per heavy atom. The van der Waals surface area contributed by atoms with Gasteiger partial charge in [-0.2, -0.15) is 0 Å². The molecule has 2 aliphatic heterocycles. The zero-order valence-electron chi connectivity index (χ0n) is 8.94. The van der Waals surface area contributed by atoms with Crippen LogP contribution in [0, 0.1) is 0 Å². The van der Waals surface area contributed by atoms with E-state index in [2.05, 4.69) is 10.6 Å². The molecule has 0 aromatic carbocycles. The molecule has 0 aromatic rings. The zero-order valence-corrected chi connectivity index (χ0v) is 10.6. The molecule has 2 N–H and O–H groups in total. The van der Waals surface area contributed by atoms with Crippen LogP contribution in [0.15, 0.2) is 0 Å². The summed E-state index contributed by atoms with van der Waals surface area (Å²) in [5.74, 6) is 1.78. The molecule has 2 atom stereocenters. The monoisotopic (exact) mass is 268 g/mol. The van der Waals surface area contributed by atoms with Crippen molar-refractivity contribution in [3.05, 3.63) is 0 Å². The van der Waals surface area contributed by atoms with Gasteiger partial charge in [0.05, 0.1) is 32.0 Å². The van der Waals surface area contributed by atoms with Crippen molar-refractivity contribution in [1.29, 1.82) is 0 Å². The number of amides is 1. The quantitative estimate of drug-likeness (QED) is 0.730. The largest absolute Gasteiger partial charge is 0.376 e. The number of rotatable bonds is 3. The van der Waals surface area contributed by atoms with Crippen LogP contribution in [0.2, 0.25) is 0 Å². The van der Waals surface area contributed by atoms with Gasteiger partial charge in [0.15, 0.2) is 0 Å². The average molecular weight is 269 g/mol. The predicted octanol–water partition coefficient (Wildman–Crippen LogP) is -0.398. The van der Waals surface area contributed by atoms with E-state index in [4.69, 9.17) is 9.47 Å². The molecule has 94 valence electrons. The maximum absolute atomic E-state index is 11.6. The molecule has 0 bridgehead atoms. The lowest BCUT2D eigenvalue weighted by Gasteiger charge is -2.23. The van der Waals surface area contributed by atoms with Gasteiger partial charge < -0.3 is 14.8 Å². The van der Waals surface area contributed by atoms with Gasteiger partial charge in [-0.1, -0.05) is 0 Å². The summed E-state index contributed by atoms with van der Waals surface area (Å²) >= 11 is 1.74. The van der Waals surface area contributed by atoms with E-state index in [1.807, 2.05) is 0 Å². The summed E-state index contributed by atoms with van der Waals surface area (Å²) in [7, 11) is 0. The Labute approximate surface area is 105 Å². The molecule has 0 aromatic heterocycles. The Bertz CT molecular complexity index is 221. The SMILES string of the molecule is Cl.O=C(NCC1COCCO1)C1CSCN1. The van der Waals surface area contributed by atoms with Crippen molar-refractivity contribution in [2.24, 2.45) is 0 Å². The molecule has 0 aliphatic carbocycles. The minimum absolute atomic E-state index is 0. The van der Waals surface area contributed by atoms with Gasteiger partial charge in [-0.25, -0.2) is 0 Å². The normalized spacial score (nSPS) is 29.5. The van der Waals surface area contributed by atoms with E-state index in [0.717, 1.165) is 11.6 Å². The average Bonchev–Trinajstić information content (AvgIpc) is 2.81. The van der Waals surface area contributed by atoms with Crippen molar-refractivity contribution < 1.29 is 14.3 Å². The summed E-state index contributed by atoms with van der Waals surface area (Å²) in [4.78, 5) is 11.6. The van der Waals surface area contributed by atoms with E-state index >= 15 is 0 Å². The number of halogens is 1. The van der Waals surface area contributed by atoms with Crippen molar-refractivity contribution in [1.82, 2.24) is 10.6 Å². The van der Waals surface area contributed by atoms with Gasteiger partial charge in [-0.15, -0.1) is 24.2 Å². The van der Waals surface area contributed by atoms with Crippen LogP contribution in [0.4, 0.5) is 0 Å². The van der Waals surface area contributed by atoms with Crippen molar-refractivity contribution in [3.63, 3.8) is 0 Å². The highest BCUT2D eigenvalue weighted by atomic mass is 35.5. The molecular weight excluding hydrogens is 252 g/mol. The van der Waals surface area contributed by atoms with Crippen LogP contribution < -0.4 is 10.6 Å². The van der Waals surface area contributed by atoms with Crippen LogP contribution in [0.1, 0.15) is 0 Å². The molecular formula is C9H17ClN2O3S. The number of carbonyl (C=O) groups is 1. The molecule has 1 amide bonds. The van der Waals surface area contributed by atoms with Crippen LogP contribution in [0.25, 0.3) is 0 Å². The first-order valence-corrected chi connectivity index (χ1v) is 6.30. The van der Waals surface area contributed by atoms with Gasteiger partial charge in [0.25, 0.3) is 0 Å². The van der Waals surface area contributed by atoms with Crippen molar-refractivity contribution >= 4 is 30.1 Å². The van der Waals surface area contributed by atoms with Gasteiger partial charge in [0.1, 0.15) is 0 Å². The molecule has 2 aliphatic rings. The molecule has 5 nitrogen and oxygen atoms in total. The van der Waals surface area contributed by atoms with Crippen LogP contribution >= 0.6 is 24.2 Å². The van der Waals surface area contributed by atoms with Crippen molar-refractivity contribution in [2.45, 2.75) is 12.1 Å². The molecule has 0 spiro atoms. The molecule has 2 unspecified atom stereocenters. The summed E-state index contributed by atoms with van der Waals surface area (Å²) in [5.41, 5.74) is 0. The molecule has 2 saturated heterocycles. The minimum atomic E-state index is -0.0421. The van der Waals surface area contributed by atoms with Gasteiger partial charge >= 0.3 is 0 Å². The first-order chi connectivity index (χ1) is 7.36. The fourth-order valence-corrected chi connectivity index (χ4v) is 2.50. The van der Waals surface area contributed by atoms with Crippen molar-refractivity contribution in [2.75, 3.05) is 38.0 Å². The number of hydrogen-bond donors (Lipinski definition) is 2. The lowest BCUT2D eigenvalue weighted by molar-refractivity contribution is -0.125. The minimum Gasteiger partial charge on any atom is -0.376 e. The highest BCUT2D eigenvalue weighted by molar-refractivity contribution is 7.99. The number of ether oxygens (including phenoxy) is 2. The van der Waals surface area contributed by atoms with E-state index < -0.39 is 0 Å². The van der Waals surface area contributed by atoms with Crippen LogP contribution in [0.5, 0.6) is 0 Å². The van der Waals surface area contributed by atoms with E-state index in [1.165, 1.54) is 0 Å². The first-order valence-electron chi connectivity index (χ1n) is 5.14. The summed E-state index contributed by atoms with van der Waals surface area (Å²) in [6.07, 6.45) is 0.0109. The molecule has 2 heterocycles. The summed E-state index contributed by atoms with van der Waals surface area (Å²) < 4.78 is 10.7. The molecule has 0 radical (unpaired) electrons. The summed E-state index contributed by atoms with van der Waals surface area (Å²) in [6, 6.07) is -0.0421. The smallest absolute Gasteiger partial charge is 0.238 e. The first kappa shape index (κ1) is 14.1. The van der Waals surface area contributed by atoms with E-state index in [-0.39, 0.29) is 30.5 Å². The molecule has 2 fully saturated rings. The second-order valence-electron chi connectivity index (χ2n) is 3.58. The van der Waals surface area contributed by atoms with Crippen LogP contribution in [-0.4, -0.2) is 56.0 Å². The van der Waals surface area contributed by atoms with Gasteiger partial charge in [0.2, 0.25) is 5.91 Å². The van der Waals surface area contributed by atoms with Crippen LogP contribution in [0.3, 0.4) is 0 Å². The Hall–Kier alpha value is -0.0100. The van der Waals surface area contributed by atoms with Crippen LogP contribution in [-0.2, 0) is 14.3 Å². The van der Waals surface area contributed by atoms with E-state index in [0.29, 0.717) is 26.4 Å². The summed E-state index contributed by atoms with van der Waals surface area (Å²) in [5, 5.41) is 6.00. The Balaban J connectivity index is 0.00000128. The fraction of sp³-hybridized carbons (Fsp3) is 0.889. The second kappa shape index (κ2) is 7.34. The molecule has 7 heteroatoms. The van der Waals surface area contributed by atoms with Crippen molar-refractivity contribution in [3.8, 4) is 0 Å². The maximum Gasteiger partial charge on any atom is 0.238 e. The predicted molar refractivity (Wildman–Crippen MR) is 65.1 cm³/mol. The van der Waals surface area contributed by atoms with Gasteiger partial charge in [0, 0.05) is 18.2 Å². The third-order valence-corrected chi connectivity index (χ3v) is 3.36. The van der Waals surface area contributed by atoms with Gasteiger partial charge in [-0.3, -0.25) is 10.1 Å². The highest BCUT2D eigenvalue weighted by Gasteiger charge is 2.23. The Morgan fingerprint density at radius 2 is 2.38 bits per heavy atom. The topological polar surface area (TPSA) is 59.6 Å². The number of nitrogens with one attached hydrogen (secondary N) is 2. The number of hydrogen-bond acceptors (Lipinski definition) is 5. The fourth-order valence-electron chi connectivity index (χ4n) is 1.56. The Morgan fingerprint density at radius 3 is 3.00 bits per heavy atom. The lowest BCUT2D eigenvalue weighted by atomic mass is 10.3. The standard InChI is InChI=1S/C9H16N2O3S.ClH/c12-9(8-5-15-6-11-8)10-3-7-4-13-1-2-14-7;/h7-8,11H,1-6H2,(H,10,12);1H. The Kier molecular flexibility index (Phi) is 6.45. The molecule has 2 rings (SSSR count). The zero-order chi connectivity index (χ0) is 10.5. The third kappa shape index (κ3) is 4.10. The summed E-state index contributed by atoms with van der Waals surface area (Å²) in [6.45, 7) is 2.40. The second-order valence-corrected chi connectivity index (χ2v) is 4.61. The van der Waals surface area contributed by atoms with E-state index in [1.54, 1.807) is 11.8 Å². The number of thioether (sulfide) groups is 1. The highest BCUT2D eigenvalue weighted by Crippen LogP contribution is 2.09. The molecule has 16 heavy (non-hydrogen) atoms. The lowest BCUT2D eigenvalue weighted by Crippen LogP contribution is -2.46. The maximum atomic E-state index is 11.6.